The van der Waals surface area contributed by atoms with Crippen molar-refractivity contribution in [1.29, 1.82) is 0 Å². The number of unbranched alkanes of at least 4 members (excludes halogenated alkanes) is 8. The van der Waals surface area contributed by atoms with Gasteiger partial charge in [0, 0.05) is 13.3 Å². The molecular formula is C21H36O4. The fourth-order valence-corrected chi connectivity index (χ4v) is 2.48. The van der Waals surface area contributed by atoms with Crippen molar-refractivity contribution in [3.63, 3.8) is 0 Å². The third-order valence-corrected chi connectivity index (χ3v) is 3.86. The highest BCUT2D eigenvalue weighted by molar-refractivity contribution is 5.89. The molecule has 0 aromatic rings. The van der Waals surface area contributed by atoms with Crippen LogP contribution < -0.4 is 0 Å². The summed E-state index contributed by atoms with van der Waals surface area (Å²) >= 11 is 0. The van der Waals surface area contributed by atoms with Gasteiger partial charge in [-0.3, -0.25) is 9.59 Å². The van der Waals surface area contributed by atoms with E-state index in [9.17, 15) is 14.7 Å². The van der Waals surface area contributed by atoms with Crippen molar-refractivity contribution in [2.75, 3.05) is 6.61 Å². The van der Waals surface area contributed by atoms with Crippen LogP contribution in [-0.4, -0.2) is 29.6 Å². The fraction of sp³-hybridized carbons (Fsp3) is 0.714. The molecule has 0 amide bonds. The van der Waals surface area contributed by atoms with E-state index in [0.717, 1.165) is 19.3 Å². The van der Waals surface area contributed by atoms with Crippen LogP contribution in [0.15, 0.2) is 24.3 Å². The van der Waals surface area contributed by atoms with Crippen LogP contribution in [0.2, 0.25) is 0 Å². The second kappa shape index (κ2) is 17.4. The summed E-state index contributed by atoms with van der Waals surface area (Å²) in [5.74, 6) is -0.577. The molecule has 0 aromatic carbocycles. The molecule has 0 spiro atoms. The Morgan fingerprint density at radius 2 is 1.48 bits per heavy atom. The minimum atomic E-state index is -0.918. The van der Waals surface area contributed by atoms with Crippen LogP contribution in [0.4, 0.5) is 0 Å². The van der Waals surface area contributed by atoms with Gasteiger partial charge in [0.25, 0.3) is 0 Å². The predicted octanol–water partition coefficient (Wildman–Crippen LogP) is 4.90. The van der Waals surface area contributed by atoms with Crippen molar-refractivity contribution in [3.05, 3.63) is 24.3 Å². The third-order valence-electron chi connectivity index (χ3n) is 3.86. The van der Waals surface area contributed by atoms with Crippen molar-refractivity contribution in [1.82, 2.24) is 0 Å². The van der Waals surface area contributed by atoms with E-state index in [2.05, 4.69) is 23.8 Å². The molecule has 144 valence electrons. The molecule has 0 radical (unpaired) electrons. The highest BCUT2D eigenvalue weighted by atomic mass is 16.5. The van der Waals surface area contributed by atoms with Crippen LogP contribution in [0.25, 0.3) is 0 Å². The quantitative estimate of drug-likeness (QED) is 0.186. The Morgan fingerprint density at radius 3 is 2.04 bits per heavy atom. The molecule has 0 bridgehead atoms. The molecule has 0 rings (SSSR count). The zero-order valence-corrected chi connectivity index (χ0v) is 16.0. The number of hydrogen-bond donors (Lipinski definition) is 1. The molecule has 0 aromatic heterocycles. The molecule has 0 aliphatic carbocycles. The highest BCUT2D eigenvalue weighted by Gasteiger charge is 2.09. The molecular weight excluding hydrogens is 316 g/mol. The number of aliphatic hydroxyl groups excluding tert-OH is 1. The topological polar surface area (TPSA) is 63.6 Å². The Kier molecular flexibility index (Phi) is 16.4. The van der Waals surface area contributed by atoms with E-state index in [1.165, 1.54) is 57.9 Å². The van der Waals surface area contributed by atoms with Crippen molar-refractivity contribution in [2.24, 2.45) is 0 Å². The summed E-state index contributed by atoms with van der Waals surface area (Å²) in [5, 5.41) is 9.54. The summed E-state index contributed by atoms with van der Waals surface area (Å²) in [7, 11) is 0. The van der Waals surface area contributed by atoms with Gasteiger partial charge in [-0.25, -0.2) is 0 Å². The van der Waals surface area contributed by atoms with Crippen LogP contribution >= 0.6 is 0 Å². The minimum Gasteiger partial charge on any atom is -0.463 e. The van der Waals surface area contributed by atoms with E-state index in [1.807, 2.05) is 6.08 Å². The smallest absolute Gasteiger partial charge is 0.302 e. The molecule has 0 unspecified atom stereocenters. The van der Waals surface area contributed by atoms with E-state index in [0.29, 0.717) is 0 Å². The van der Waals surface area contributed by atoms with E-state index in [1.54, 1.807) is 0 Å². The van der Waals surface area contributed by atoms with E-state index in [-0.39, 0.29) is 18.8 Å². The number of rotatable bonds is 16. The van der Waals surface area contributed by atoms with Gasteiger partial charge in [-0.15, -0.1) is 0 Å². The molecule has 25 heavy (non-hydrogen) atoms. The SMILES string of the molecule is CC/C=C/CCCCCCCCC/C=C/C(=O)C[C@@H](O)COC(C)=O. The van der Waals surface area contributed by atoms with E-state index < -0.39 is 12.1 Å². The monoisotopic (exact) mass is 352 g/mol. The van der Waals surface area contributed by atoms with Gasteiger partial charge in [0.15, 0.2) is 5.78 Å². The van der Waals surface area contributed by atoms with Gasteiger partial charge in [-0.1, -0.05) is 57.3 Å². The van der Waals surface area contributed by atoms with Crippen molar-refractivity contribution in [2.45, 2.75) is 90.6 Å². The summed E-state index contributed by atoms with van der Waals surface area (Å²) in [4.78, 5) is 22.2. The van der Waals surface area contributed by atoms with Gasteiger partial charge in [-0.2, -0.15) is 0 Å². The molecule has 0 aliphatic rings. The highest BCUT2D eigenvalue weighted by Crippen LogP contribution is 2.10. The Bertz CT molecular complexity index is 399. The van der Waals surface area contributed by atoms with Gasteiger partial charge in [0.1, 0.15) is 6.61 Å². The second-order valence-electron chi connectivity index (χ2n) is 6.46. The van der Waals surface area contributed by atoms with Crippen molar-refractivity contribution >= 4 is 11.8 Å². The summed E-state index contributed by atoms with van der Waals surface area (Å²) in [6.07, 6.45) is 19.0. The zero-order valence-electron chi connectivity index (χ0n) is 16.0. The second-order valence-corrected chi connectivity index (χ2v) is 6.46. The lowest BCUT2D eigenvalue weighted by Crippen LogP contribution is -2.20. The van der Waals surface area contributed by atoms with Gasteiger partial charge >= 0.3 is 5.97 Å². The van der Waals surface area contributed by atoms with Crippen LogP contribution in [0, 0.1) is 0 Å². The molecule has 4 heteroatoms. The maximum absolute atomic E-state index is 11.6. The molecule has 0 saturated heterocycles. The Labute approximate surface area is 153 Å². The number of hydrogen-bond acceptors (Lipinski definition) is 4. The number of allylic oxidation sites excluding steroid dienone is 4. The molecule has 0 heterocycles. The number of ketones is 1. The zero-order chi connectivity index (χ0) is 18.8. The van der Waals surface area contributed by atoms with E-state index >= 15 is 0 Å². The van der Waals surface area contributed by atoms with Crippen LogP contribution in [-0.2, 0) is 14.3 Å². The number of esters is 1. The van der Waals surface area contributed by atoms with Gasteiger partial charge in [0.2, 0.25) is 0 Å². The average molecular weight is 353 g/mol. The van der Waals surface area contributed by atoms with Crippen LogP contribution in [0.1, 0.15) is 84.5 Å². The maximum Gasteiger partial charge on any atom is 0.302 e. The largest absolute Gasteiger partial charge is 0.463 e. The molecule has 0 aliphatic heterocycles. The maximum atomic E-state index is 11.6. The predicted molar refractivity (Wildman–Crippen MR) is 102 cm³/mol. The summed E-state index contributed by atoms with van der Waals surface area (Å²) in [6.45, 7) is 3.32. The molecule has 1 N–H and O–H groups in total. The van der Waals surface area contributed by atoms with Crippen LogP contribution in [0.3, 0.4) is 0 Å². The number of ether oxygens (including phenoxy) is 1. The molecule has 0 saturated carbocycles. The number of carbonyl (C=O) groups excluding carboxylic acids is 2. The Hall–Kier alpha value is -1.42. The number of aliphatic hydroxyl groups is 1. The first-order valence-electron chi connectivity index (χ1n) is 9.72. The minimum absolute atomic E-state index is 0.00275. The Morgan fingerprint density at radius 1 is 0.920 bits per heavy atom. The lowest BCUT2D eigenvalue weighted by molar-refractivity contribution is -0.144. The Balaban J connectivity index is 3.43. The summed E-state index contributed by atoms with van der Waals surface area (Å²) in [5.41, 5.74) is 0. The molecule has 0 fully saturated rings. The first kappa shape index (κ1) is 23.6. The van der Waals surface area contributed by atoms with Crippen molar-refractivity contribution in [3.8, 4) is 0 Å². The van der Waals surface area contributed by atoms with Gasteiger partial charge < -0.3 is 9.84 Å². The third kappa shape index (κ3) is 18.8. The van der Waals surface area contributed by atoms with E-state index in [4.69, 9.17) is 0 Å². The number of carbonyl (C=O) groups is 2. The lowest BCUT2D eigenvalue weighted by atomic mass is 10.1. The summed E-state index contributed by atoms with van der Waals surface area (Å²) < 4.78 is 4.66. The first-order chi connectivity index (χ1) is 12.1. The molecule has 4 nitrogen and oxygen atoms in total. The van der Waals surface area contributed by atoms with Crippen molar-refractivity contribution < 1.29 is 19.4 Å². The lowest BCUT2D eigenvalue weighted by Gasteiger charge is -2.07. The van der Waals surface area contributed by atoms with Gasteiger partial charge in [0.05, 0.1) is 6.10 Å². The summed E-state index contributed by atoms with van der Waals surface area (Å²) in [6, 6.07) is 0. The average Bonchev–Trinajstić information content (AvgIpc) is 2.57. The standard InChI is InChI=1S/C21H36O4/c1-3-4-5-6-7-8-9-10-11-12-13-14-15-16-20(23)17-21(24)18-25-19(2)22/h4-5,15-16,21,24H,3,6-14,17-18H2,1-2H3/b5-4+,16-15+/t21-/m1/s1. The van der Waals surface area contributed by atoms with Gasteiger partial charge in [-0.05, 0) is 38.2 Å². The fourth-order valence-electron chi connectivity index (χ4n) is 2.48. The first-order valence-corrected chi connectivity index (χ1v) is 9.72. The molecule has 1 atom stereocenters. The normalized spacial score (nSPS) is 12.8. The van der Waals surface area contributed by atoms with Crippen LogP contribution in [0.5, 0.6) is 0 Å².